The van der Waals surface area contributed by atoms with E-state index < -0.39 is 5.97 Å². The Balaban J connectivity index is 1.12. The van der Waals surface area contributed by atoms with E-state index in [1.54, 1.807) is 54.3 Å². The van der Waals surface area contributed by atoms with Crippen molar-refractivity contribution < 1.29 is 19.4 Å². The molecule has 0 fully saturated rings. The minimum atomic E-state index is -1.47. The molecule has 262 valence electrons. The van der Waals surface area contributed by atoms with Gasteiger partial charge in [0.05, 0.1) is 35.5 Å². The Kier molecular flexibility index (Phi) is 9.05. The number of benzene rings is 3. The van der Waals surface area contributed by atoms with Crippen LogP contribution in [0.3, 0.4) is 0 Å². The monoisotopic (exact) mass is 767 g/mol. The van der Waals surface area contributed by atoms with Crippen LogP contribution in [0.1, 0.15) is 29.9 Å². The molecule has 1 aliphatic rings. The number of fused-ring (bicyclic) bond motifs is 3. The van der Waals surface area contributed by atoms with E-state index in [0.29, 0.717) is 11.5 Å². The van der Waals surface area contributed by atoms with Gasteiger partial charge in [-0.1, -0.05) is 62.4 Å². The van der Waals surface area contributed by atoms with Crippen LogP contribution in [0.5, 0.6) is 11.5 Å². The van der Waals surface area contributed by atoms with E-state index in [4.69, 9.17) is 9.47 Å². The standard InChI is InChI=1S/C43H32N2O4S4/c1-43(2)31-22-30(21-26(24-44)42(46)47)50-39(31)40-32(43)23-35(52-40)33-19-20-34(51-33)41-37(49-4)36(48-3)38(53-41)25-15-17-29(18-16-25)45(27-11-7-5-8-12-27)28-13-9-6-10-14-28/h5-23H,1-4H3,(H,46,47)/p-1/b26-21+. The third-order valence-electron chi connectivity index (χ3n) is 9.38. The highest BCUT2D eigenvalue weighted by Gasteiger charge is 2.39. The van der Waals surface area contributed by atoms with Crippen molar-refractivity contribution >= 4 is 74.5 Å². The lowest BCUT2D eigenvalue weighted by atomic mass is 9.84. The molecule has 0 unspecified atom stereocenters. The average molecular weight is 768 g/mol. The van der Waals surface area contributed by atoms with E-state index in [9.17, 15) is 15.2 Å². The molecular formula is C43H31N2O4S4-. The minimum Gasteiger partial charge on any atom is -0.544 e. The number of aliphatic carboxylic acids is 1. The van der Waals surface area contributed by atoms with Crippen LogP contribution < -0.4 is 19.5 Å². The number of para-hydroxylation sites is 2. The summed E-state index contributed by atoms with van der Waals surface area (Å²) in [6.07, 6.45) is 1.41. The van der Waals surface area contributed by atoms with Gasteiger partial charge in [-0.25, -0.2) is 0 Å². The van der Waals surface area contributed by atoms with Crippen LogP contribution in [0, 0.1) is 11.3 Å². The first-order valence-electron chi connectivity index (χ1n) is 16.7. The van der Waals surface area contributed by atoms with Gasteiger partial charge in [-0.3, -0.25) is 0 Å². The predicted octanol–water partition coefficient (Wildman–Crippen LogP) is 11.4. The number of ether oxygens (including phenoxy) is 2. The Morgan fingerprint density at radius 3 is 1.85 bits per heavy atom. The van der Waals surface area contributed by atoms with Gasteiger partial charge in [0.15, 0.2) is 11.5 Å². The zero-order chi connectivity index (χ0) is 36.9. The number of nitriles is 1. The number of hydrogen-bond acceptors (Lipinski definition) is 10. The van der Waals surface area contributed by atoms with Crippen molar-refractivity contribution in [3.8, 4) is 57.3 Å². The summed E-state index contributed by atoms with van der Waals surface area (Å²) in [7, 11) is 3.38. The van der Waals surface area contributed by atoms with Crippen molar-refractivity contribution in [1.82, 2.24) is 0 Å². The van der Waals surface area contributed by atoms with Gasteiger partial charge in [-0.05, 0) is 83.4 Å². The fourth-order valence-electron chi connectivity index (χ4n) is 6.76. The van der Waals surface area contributed by atoms with Crippen LogP contribution in [-0.2, 0) is 10.2 Å². The SMILES string of the molecule is COc1c(-c2ccc(N(c3ccccc3)c3ccccc3)cc2)sc(-c2ccc(-c3cc4c(s3)-c3sc(/C=C(\C#N)C(=O)[O-])cc3C4(C)C)s2)c1OC. The van der Waals surface area contributed by atoms with Crippen molar-refractivity contribution in [1.29, 1.82) is 5.26 Å². The lowest BCUT2D eigenvalue weighted by Crippen LogP contribution is -2.23. The van der Waals surface area contributed by atoms with Gasteiger partial charge in [0.25, 0.3) is 0 Å². The summed E-state index contributed by atoms with van der Waals surface area (Å²) >= 11 is 6.64. The molecule has 10 heteroatoms. The highest BCUT2D eigenvalue weighted by molar-refractivity contribution is 7.29. The van der Waals surface area contributed by atoms with Gasteiger partial charge >= 0.3 is 0 Å². The van der Waals surface area contributed by atoms with Crippen molar-refractivity contribution in [3.05, 3.63) is 131 Å². The van der Waals surface area contributed by atoms with E-state index in [1.807, 2.05) is 18.2 Å². The van der Waals surface area contributed by atoms with Crippen LogP contribution in [0.4, 0.5) is 17.1 Å². The van der Waals surface area contributed by atoms with Gasteiger partial charge in [-0.15, -0.1) is 45.3 Å². The summed E-state index contributed by atoms with van der Waals surface area (Å²) in [5, 5.41) is 20.6. The molecule has 0 amide bonds. The fourth-order valence-corrected chi connectivity index (χ4v) is 11.9. The van der Waals surface area contributed by atoms with Gasteiger partial charge in [0, 0.05) is 51.7 Å². The fraction of sp³-hybridized carbons (Fsp3) is 0.116. The number of thiophene rings is 4. The third-order valence-corrected chi connectivity index (χ3v) is 14.4. The van der Waals surface area contributed by atoms with Crippen LogP contribution >= 0.6 is 45.3 Å². The zero-order valence-corrected chi connectivity index (χ0v) is 32.4. The summed E-state index contributed by atoms with van der Waals surface area (Å²) < 4.78 is 12.0. The molecule has 0 N–H and O–H groups in total. The molecule has 8 rings (SSSR count). The summed E-state index contributed by atoms with van der Waals surface area (Å²) in [5.41, 5.74) is 6.02. The Hall–Kier alpha value is -5.44. The maximum absolute atomic E-state index is 11.4. The number of anilines is 3. The van der Waals surface area contributed by atoms with E-state index >= 15 is 0 Å². The number of methoxy groups -OCH3 is 2. The molecule has 0 saturated heterocycles. The first-order valence-corrected chi connectivity index (χ1v) is 20.0. The van der Waals surface area contributed by atoms with Gasteiger partial charge < -0.3 is 24.3 Å². The second-order valence-corrected chi connectivity index (χ2v) is 17.1. The van der Waals surface area contributed by atoms with E-state index in [-0.39, 0.29) is 11.0 Å². The average Bonchev–Trinajstić information content (AvgIpc) is 4.00. The van der Waals surface area contributed by atoms with E-state index in [2.05, 4.69) is 110 Å². The molecular weight excluding hydrogens is 737 g/mol. The van der Waals surface area contributed by atoms with Crippen molar-refractivity contribution in [3.63, 3.8) is 0 Å². The Morgan fingerprint density at radius 2 is 1.25 bits per heavy atom. The van der Waals surface area contributed by atoms with Crippen LogP contribution in [0.25, 0.3) is 45.8 Å². The molecule has 0 bridgehead atoms. The molecule has 4 aromatic heterocycles. The lowest BCUT2D eigenvalue weighted by Gasteiger charge is -2.25. The molecule has 53 heavy (non-hydrogen) atoms. The number of carboxylic acid groups (broad SMARTS) is 1. The second-order valence-electron chi connectivity index (χ2n) is 12.9. The van der Waals surface area contributed by atoms with Crippen molar-refractivity contribution in [2.24, 2.45) is 0 Å². The zero-order valence-electron chi connectivity index (χ0n) is 29.1. The number of carbonyl (C=O) groups is 1. The number of nitrogens with zero attached hydrogens (tertiary/aromatic N) is 2. The molecule has 4 heterocycles. The van der Waals surface area contributed by atoms with Gasteiger partial charge in [0.2, 0.25) is 0 Å². The van der Waals surface area contributed by atoms with Crippen LogP contribution in [-0.4, -0.2) is 20.2 Å². The number of hydrogen-bond donors (Lipinski definition) is 0. The topological polar surface area (TPSA) is 85.6 Å². The van der Waals surface area contributed by atoms with Crippen LogP contribution in [0.15, 0.2) is 115 Å². The predicted molar refractivity (Wildman–Crippen MR) is 218 cm³/mol. The quantitative estimate of drug-likeness (QED) is 0.102. The smallest absolute Gasteiger partial charge is 0.180 e. The Labute approximate surface area is 323 Å². The molecule has 0 saturated carbocycles. The summed E-state index contributed by atoms with van der Waals surface area (Å²) in [4.78, 5) is 22.1. The van der Waals surface area contributed by atoms with Crippen molar-refractivity contribution in [2.75, 3.05) is 19.1 Å². The maximum Gasteiger partial charge on any atom is 0.180 e. The second kappa shape index (κ2) is 13.8. The normalized spacial score (nSPS) is 12.9. The van der Waals surface area contributed by atoms with E-state index in [1.165, 1.54) is 32.7 Å². The maximum atomic E-state index is 11.4. The molecule has 0 spiro atoms. The third kappa shape index (κ3) is 6.06. The summed E-state index contributed by atoms with van der Waals surface area (Å²) in [6, 6.07) is 39.6. The molecule has 6 nitrogen and oxygen atoms in total. The van der Waals surface area contributed by atoms with Crippen molar-refractivity contribution in [2.45, 2.75) is 19.3 Å². The summed E-state index contributed by atoms with van der Waals surface area (Å²) in [6.45, 7) is 4.38. The Morgan fingerprint density at radius 1 is 0.679 bits per heavy atom. The van der Waals surface area contributed by atoms with Gasteiger partial charge in [-0.2, -0.15) is 5.26 Å². The number of rotatable bonds is 10. The molecule has 0 aliphatic heterocycles. The molecule has 1 aliphatic carbocycles. The Bertz CT molecular complexity index is 2510. The number of carboxylic acids is 1. The number of carbonyl (C=O) groups excluding carboxylic acids is 1. The first kappa shape index (κ1) is 34.6. The highest BCUT2D eigenvalue weighted by atomic mass is 32.1. The van der Waals surface area contributed by atoms with Crippen LogP contribution in [0.2, 0.25) is 0 Å². The summed E-state index contributed by atoms with van der Waals surface area (Å²) in [5.74, 6) is -0.0395. The highest BCUT2D eigenvalue weighted by Crippen LogP contribution is 2.59. The molecule has 0 radical (unpaired) electrons. The minimum absolute atomic E-state index is 0.260. The molecule has 3 aromatic carbocycles. The van der Waals surface area contributed by atoms with Gasteiger partial charge in [0.1, 0.15) is 6.07 Å². The van der Waals surface area contributed by atoms with E-state index in [0.717, 1.165) is 57.5 Å². The lowest BCUT2D eigenvalue weighted by molar-refractivity contribution is -0.298. The molecule has 0 atom stereocenters. The largest absolute Gasteiger partial charge is 0.544 e. The first-order chi connectivity index (χ1) is 25.7. The molecule has 7 aromatic rings.